The molecule has 9 heteroatoms. The van der Waals surface area contributed by atoms with Gasteiger partial charge in [-0.25, -0.2) is 0 Å². The Balaban J connectivity index is 1.53. The molecule has 0 radical (unpaired) electrons. The van der Waals surface area contributed by atoms with Crippen LogP contribution in [0.4, 0.5) is 11.4 Å². The van der Waals surface area contributed by atoms with Gasteiger partial charge >= 0.3 is 0 Å². The number of carbonyl (C=O) groups excluding carboxylic acids is 1. The third kappa shape index (κ3) is 4.91. The van der Waals surface area contributed by atoms with Crippen LogP contribution < -0.4 is 10.1 Å². The van der Waals surface area contributed by atoms with Crippen molar-refractivity contribution in [1.82, 2.24) is 10.1 Å². The van der Waals surface area contributed by atoms with Gasteiger partial charge in [0, 0.05) is 36.2 Å². The van der Waals surface area contributed by atoms with Gasteiger partial charge in [0.1, 0.15) is 5.75 Å². The minimum absolute atomic E-state index is 0.0364. The second kappa shape index (κ2) is 8.76. The zero-order valence-electron chi connectivity index (χ0n) is 15.1. The number of amides is 1. The Kier molecular flexibility index (Phi) is 5.95. The van der Waals surface area contributed by atoms with Crippen LogP contribution in [-0.2, 0) is 11.2 Å². The van der Waals surface area contributed by atoms with E-state index in [1.165, 1.54) is 24.3 Å². The number of anilines is 1. The maximum absolute atomic E-state index is 12.0. The molecule has 3 rings (SSSR count). The zero-order chi connectivity index (χ0) is 19.9. The van der Waals surface area contributed by atoms with Crippen molar-refractivity contribution in [3.63, 3.8) is 0 Å². The van der Waals surface area contributed by atoms with Crippen molar-refractivity contribution in [1.29, 1.82) is 0 Å². The molecular formula is C19H18N4O5. The average Bonchev–Trinajstić information content (AvgIpc) is 3.17. The van der Waals surface area contributed by atoms with Crippen molar-refractivity contribution in [3.05, 3.63) is 64.5 Å². The number of nitro benzene ring substituents is 1. The number of hydrogen-bond donors (Lipinski definition) is 1. The average molecular weight is 382 g/mol. The molecule has 0 aliphatic heterocycles. The molecule has 144 valence electrons. The molecule has 0 spiro atoms. The maximum atomic E-state index is 12.0. The van der Waals surface area contributed by atoms with Crippen LogP contribution in [0.2, 0.25) is 0 Å². The Morgan fingerprint density at radius 1 is 1.18 bits per heavy atom. The van der Waals surface area contributed by atoms with E-state index in [9.17, 15) is 14.9 Å². The predicted octanol–water partition coefficient (Wildman–Crippen LogP) is 3.61. The lowest BCUT2D eigenvalue weighted by Gasteiger charge is -2.03. The van der Waals surface area contributed by atoms with Gasteiger partial charge in [-0.05, 0) is 43.3 Å². The molecule has 1 amide bonds. The quantitative estimate of drug-likeness (QED) is 0.466. The molecule has 1 heterocycles. The summed E-state index contributed by atoms with van der Waals surface area (Å²) < 4.78 is 10.6. The number of nitro groups is 1. The Hall–Kier alpha value is -3.75. The molecule has 0 fully saturated rings. The summed E-state index contributed by atoms with van der Waals surface area (Å²) in [7, 11) is 0. The second-order valence-corrected chi connectivity index (χ2v) is 5.82. The van der Waals surface area contributed by atoms with E-state index >= 15 is 0 Å². The zero-order valence-corrected chi connectivity index (χ0v) is 15.1. The highest BCUT2D eigenvalue weighted by atomic mass is 16.6. The first kappa shape index (κ1) is 19.0. The first-order chi connectivity index (χ1) is 13.5. The van der Waals surface area contributed by atoms with Crippen LogP contribution in [0.3, 0.4) is 0 Å². The molecule has 28 heavy (non-hydrogen) atoms. The minimum atomic E-state index is -0.497. The van der Waals surface area contributed by atoms with Gasteiger partial charge in [0.2, 0.25) is 17.6 Å². The van der Waals surface area contributed by atoms with E-state index in [0.29, 0.717) is 24.0 Å². The van der Waals surface area contributed by atoms with Crippen LogP contribution in [-0.4, -0.2) is 27.6 Å². The summed E-state index contributed by atoms with van der Waals surface area (Å²) in [5.41, 5.74) is 1.23. The van der Waals surface area contributed by atoms with Gasteiger partial charge in [-0.15, -0.1) is 0 Å². The number of ether oxygens (including phenoxy) is 1. The summed E-state index contributed by atoms with van der Waals surface area (Å²) in [5.74, 6) is 1.30. The highest BCUT2D eigenvalue weighted by Crippen LogP contribution is 2.20. The normalized spacial score (nSPS) is 10.5. The molecule has 3 aromatic rings. The summed E-state index contributed by atoms with van der Waals surface area (Å²) >= 11 is 0. The van der Waals surface area contributed by atoms with Crippen LogP contribution in [0.1, 0.15) is 19.2 Å². The number of nitrogens with one attached hydrogen (secondary N) is 1. The van der Waals surface area contributed by atoms with Gasteiger partial charge in [-0.3, -0.25) is 14.9 Å². The summed E-state index contributed by atoms with van der Waals surface area (Å²) in [6, 6.07) is 12.9. The number of rotatable bonds is 8. The fourth-order valence-corrected chi connectivity index (χ4v) is 2.45. The molecule has 2 aromatic carbocycles. The molecule has 0 atom stereocenters. The molecule has 0 bridgehead atoms. The van der Waals surface area contributed by atoms with E-state index < -0.39 is 4.92 Å². The van der Waals surface area contributed by atoms with E-state index in [4.69, 9.17) is 9.26 Å². The monoisotopic (exact) mass is 382 g/mol. The van der Waals surface area contributed by atoms with Gasteiger partial charge in [0.05, 0.1) is 11.5 Å². The van der Waals surface area contributed by atoms with Gasteiger partial charge in [-0.1, -0.05) is 5.16 Å². The molecule has 0 saturated carbocycles. The molecule has 0 unspecified atom stereocenters. The fourth-order valence-electron chi connectivity index (χ4n) is 2.45. The van der Waals surface area contributed by atoms with Crippen LogP contribution >= 0.6 is 0 Å². The maximum Gasteiger partial charge on any atom is 0.269 e. The summed E-state index contributed by atoms with van der Waals surface area (Å²) in [4.78, 5) is 26.5. The standard InChI is InChI=1S/C19H18N4O5/c1-2-27-16-9-3-13(4-10-16)19-21-18(28-22-19)12-11-17(24)20-14-5-7-15(8-6-14)23(25)26/h3-10H,2,11-12H2,1H3,(H,20,24). The van der Waals surface area contributed by atoms with E-state index in [-0.39, 0.29) is 24.4 Å². The summed E-state index contributed by atoms with van der Waals surface area (Å²) in [6.07, 6.45) is 0.421. The highest BCUT2D eigenvalue weighted by molar-refractivity contribution is 5.90. The molecule has 0 aliphatic rings. The van der Waals surface area contributed by atoms with Crippen LogP contribution in [0, 0.1) is 10.1 Å². The molecule has 1 aromatic heterocycles. The molecule has 0 saturated heterocycles. The number of aromatic nitrogens is 2. The smallest absolute Gasteiger partial charge is 0.269 e. The first-order valence-corrected chi connectivity index (χ1v) is 8.65. The number of benzene rings is 2. The first-order valence-electron chi connectivity index (χ1n) is 8.65. The van der Waals surface area contributed by atoms with Gasteiger partial charge in [0.15, 0.2) is 0 Å². The van der Waals surface area contributed by atoms with Crippen LogP contribution in [0.5, 0.6) is 5.75 Å². The summed E-state index contributed by atoms with van der Waals surface area (Å²) in [6.45, 7) is 2.50. The molecule has 9 nitrogen and oxygen atoms in total. The summed E-state index contributed by atoms with van der Waals surface area (Å²) in [5, 5.41) is 17.2. The third-order valence-corrected chi connectivity index (χ3v) is 3.82. The predicted molar refractivity (Wildman–Crippen MR) is 101 cm³/mol. The van der Waals surface area contributed by atoms with Crippen LogP contribution in [0.25, 0.3) is 11.4 Å². The van der Waals surface area contributed by atoms with Crippen molar-refractivity contribution in [3.8, 4) is 17.1 Å². The number of hydrogen-bond acceptors (Lipinski definition) is 7. The minimum Gasteiger partial charge on any atom is -0.494 e. The van der Waals surface area contributed by atoms with E-state index in [1.807, 2.05) is 31.2 Å². The van der Waals surface area contributed by atoms with Gasteiger partial charge < -0.3 is 14.6 Å². The van der Waals surface area contributed by atoms with Crippen molar-refractivity contribution in [2.45, 2.75) is 19.8 Å². The SMILES string of the molecule is CCOc1ccc(-c2noc(CCC(=O)Nc3ccc([N+](=O)[O-])cc3)n2)cc1. The lowest BCUT2D eigenvalue weighted by Crippen LogP contribution is -2.12. The Bertz CT molecular complexity index is 951. The van der Waals surface area contributed by atoms with Gasteiger partial charge in [0.25, 0.3) is 5.69 Å². The Morgan fingerprint density at radius 3 is 2.54 bits per heavy atom. The van der Waals surface area contributed by atoms with E-state index in [0.717, 1.165) is 11.3 Å². The Labute approximate surface area is 160 Å². The lowest BCUT2D eigenvalue weighted by molar-refractivity contribution is -0.384. The van der Waals surface area contributed by atoms with Crippen molar-refractivity contribution >= 4 is 17.3 Å². The second-order valence-electron chi connectivity index (χ2n) is 5.82. The number of non-ortho nitro benzene ring substituents is 1. The van der Waals surface area contributed by atoms with E-state index in [1.54, 1.807) is 0 Å². The van der Waals surface area contributed by atoms with Crippen molar-refractivity contribution in [2.75, 3.05) is 11.9 Å². The number of carbonyl (C=O) groups is 1. The van der Waals surface area contributed by atoms with Gasteiger partial charge in [-0.2, -0.15) is 4.98 Å². The fraction of sp³-hybridized carbons (Fsp3) is 0.211. The van der Waals surface area contributed by atoms with Crippen molar-refractivity contribution < 1.29 is 19.0 Å². The Morgan fingerprint density at radius 2 is 1.89 bits per heavy atom. The van der Waals surface area contributed by atoms with Crippen LogP contribution in [0.15, 0.2) is 53.1 Å². The largest absolute Gasteiger partial charge is 0.494 e. The number of aryl methyl sites for hydroxylation is 1. The topological polar surface area (TPSA) is 120 Å². The lowest BCUT2D eigenvalue weighted by atomic mass is 10.2. The number of nitrogens with zero attached hydrogens (tertiary/aromatic N) is 3. The molecule has 1 N–H and O–H groups in total. The van der Waals surface area contributed by atoms with Crippen molar-refractivity contribution in [2.24, 2.45) is 0 Å². The molecule has 0 aliphatic carbocycles. The van der Waals surface area contributed by atoms with E-state index in [2.05, 4.69) is 15.5 Å². The highest BCUT2D eigenvalue weighted by Gasteiger charge is 2.12. The third-order valence-electron chi connectivity index (χ3n) is 3.82. The molecular weight excluding hydrogens is 364 g/mol.